The molecular formula is C28H38N2O4S. The van der Waals surface area contributed by atoms with E-state index in [0.717, 1.165) is 47.8 Å². The Morgan fingerprint density at radius 2 is 1.54 bits per heavy atom. The molecule has 35 heavy (non-hydrogen) atoms. The predicted molar refractivity (Wildman–Crippen MR) is 144 cm³/mol. The number of anilines is 1. The monoisotopic (exact) mass is 498 g/mol. The van der Waals surface area contributed by atoms with Gasteiger partial charge in [-0.1, -0.05) is 58.1 Å². The maximum atomic E-state index is 12.3. The Bertz CT molecular complexity index is 931. The summed E-state index contributed by atoms with van der Waals surface area (Å²) in [6.07, 6.45) is 9.33. The van der Waals surface area contributed by atoms with Crippen molar-refractivity contribution in [3.05, 3.63) is 60.3 Å². The smallest absolute Gasteiger partial charge is 0.340 e. The number of esters is 1. The van der Waals surface area contributed by atoms with Gasteiger partial charge >= 0.3 is 5.97 Å². The van der Waals surface area contributed by atoms with Crippen LogP contribution in [-0.4, -0.2) is 25.3 Å². The van der Waals surface area contributed by atoms with Crippen molar-refractivity contribution < 1.29 is 19.0 Å². The van der Waals surface area contributed by atoms with Crippen LogP contribution in [0.5, 0.6) is 11.5 Å². The van der Waals surface area contributed by atoms with Crippen LogP contribution in [0.25, 0.3) is 4.91 Å². The topological polar surface area (TPSA) is 60.0 Å². The fourth-order valence-corrected chi connectivity index (χ4v) is 4.37. The molecule has 0 fully saturated rings. The summed E-state index contributed by atoms with van der Waals surface area (Å²) in [5.74, 6) is 1.04. The third-order valence-corrected chi connectivity index (χ3v) is 6.69. The fourth-order valence-electron chi connectivity index (χ4n) is 3.49. The molecule has 0 aliphatic carbocycles. The Morgan fingerprint density at radius 3 is 2.26 bits per heavy atom. The zero-order valence-corrected chi connectivity index (χ0v) is 21.9. The minimum atomic E-state index is -0.577. The van der Waals surface area contributed by atoms with Gasteiger partial charge < -0.3 is 14.2 Å². The van der Waals surface area contributed by atoms with Crippen molar-refractivity contribution in [2.75, 3.05) is 17.6 Å². The lowest BCUT2D eigenvalue weighted by Gasteiger charge is -2.18. The average molecular weight is 499 g/mol. The van der Waals surface area contributed by atoms with Crippen LogP contribution in [0.4, 0.5) is 5.69 Å². The molecule has 1 N–H and O–H groups in total. The zero-order chi connectivity index (χ0) is 24.9. The summed E-state index contributed by atoms with van der Waals surface area (Å²) in [4.78, 5) is 13.4. The first-order chi connectivity index (χ1) is 17.1. The van der Waals surface area contributed by atoms with E-state index in [1.54, 1.807) is 31.0 Å². The second kappa shape index (κ2) is 14.7. The van der Waals surface area contributed by atoms with Crippen LogP contribution in [0.15, 0.2) is 54.7 Å². The molecule has 1 aliphatic heterocycles. The molecule has 0 aromatic heterocycles. The molecule has 0 amide bonds. The lowest BCUT2D eigenvalue weighted by Crippen LogP contribution is -2.26. The summed E-state index contributed by atoms with van der Waals surface area (Å²) >= 11 is 1.60. The summed E-state index contributed by atoms with van der Waals surface area (Å²) in [6.45, 7) is 7.44. The number of hydrogen-bond acceptors (Lipinski definition) is 7. The number of hydrazine groups is 1. The van der Waals surface area contributed by atoms with Gasteiger partial charge in [0.25, 0.3) is 0 Å². The van der Waals surface area contributed by atoms with Crippen LogP contribution in [0.1, 0.15) is 71.3 Å². The summed E-state index contributed by atoms with van der Waals surface area (Å²) in [6, 6.07) is 15.6. The molecule has 0 saturated heterocycles. The van der Waals surface area contributed by atoms with Gasteiger partial charge in [-0.15, -0.1) is 0 Å². The summed E-state index contributed by atoms with van der Waals surface area (Å²) in [5.41, 5.74) is 5.36. The molecule has 6 nitrogen and oxygen atoms in total. The van der Waals surface area contributed by atoms with Crippen molar-refractivity contribution in [2.24, 2.45) is 0 Å². The van der Waals surface area contributed by atoms with Crippen molar-refractivity contribution in [1.29, 1.82) is 0 Å². The standard InChI is InChI=1S/C28H38N2O4S/c1-4-6-8-10-19-32-22(3)28(31)34-26-17-13-24(14-18-26)30-29-21-27(35-30)23-11-15-25(16-12-23)33-20-9-7-5-2/h11-18,21-22,29H,4-10,19-20H2,1-3H3/t22-/m0/s1. The van der Waals surface area contributed by atoms with Crippen LogP contribution in [-0.2, 0) is 9.53 Å². The summed E-state index contributed by atoms with van der Waals surface area (Å²) in [7, 11) is 0. The Balaban J connectivity index is 1.44. The predicted octanol–water partition coefficient (Wildman–Crippen LogP) is 7.12. The molecule has 1 heterocycles. The molecule has 190 valence electrons. The quantitative estimate of drug-likeness (QED) is 0.121. The lowest BCUT2D eigenvalue weighted by atomic mass is 10.2. The largest absolute Gasteiger partial charge is 0.494 e. The third kappa shape index (κ3) is 8.82. The van der Waals surface area contributed by atoms with E-state index in [4.69, 9.17) is 14.2 Å². The first kappa shape index (κ1) is 27.0. The maximum Gasteiger partial charge on any atom is 0.340 e. The van der Waals surface area contributed by atoms with Gasteiger partial charge in [0.2, 0.25) is 0 Å². The average Bonchev–Trinajstić information content (AvgIpc) is 3.37. The second-order valence-corrected chi connectivity index (χ2v) is 9.58. The number of benzene rings is 2. The number of unbranched alkanes of at least 4 members (excludes halogenated alkanes) is 5. The van der Waals surface area contributed by atoms with Gasteiger partial charge in [-0.25, -0.2) is 9.21 Å². The van der Waals surface area contributed by atoms with Crippen LogP contribution >= 0.6 is 11.9 Å². The molecule has 0 radical (unpaired) electrons. The Labute approximate surface area is 214 Å². The first-order valence-corrected chi connectivity index (χ1v) is 13.5. The maximum absolute atomic E-state index is 12.3. The molecule has 0 saturated carbocycles. The van der Waals surface area contributed by atoms with Crippen molar-refractivity contribution in [3.63, 3.8) is 0 Å². The molecule has 1 aliphatic rings. The van der Waals surface area contributed by atoms with Crippen molar-refractivity contribution in [3.8, 4) is 11.5 Å². The highest BCUT2D eigenvalue weighted by molar-refractivity contribution is 8.09. The van der Waals surface area contributed by atoms with Gasteiger partial charge in [0, 0.05) is 24.8 Å². The van der Waals surface area contributed by atoms with Gasteiger partial charge in [-0.2, -0.15) is 0 Å². The normalized spacial score (nSPS) is 13.8. The lowest BCUT2D eigenvalue weighted by molar-refractivity contribution is -0.146. The molecule has 0 bridgehead atoms. The van der Waals surface area contributed by atoms with Crippen molar-refractivity contribution in [2.45, 2.75) is 71.8 Å². The van der Waals surface area contributed by atoms with E-state index in [1.807, 2.05) is 34.9 Å². The van der Waals surface area contributed by atoms with Gasteiger partial charge in [0.1, 0.15) is 11.5 Å². The van der Waals surface area contributed by atoms with E-state index in [2.05, 4.69) is 31.4 Å². The van der Waals surface area contributed by atoms with Crippen molar-refractivity contribution in [1.82, 2.24) is 5.43 Å². The molecule has 2 aromatic carbocycles. The van der Waals surface area contributed by atoms with E-state index in [9.17, 15) is 4.79 Å². The Kier molecular flexibility index (Phi) is 11.3. The van der Waals surface area contributed by atoms with E-state index < -0.39 is 6.10 Å². The molecule has 2 aromatic rings. The van der Waals surface area contributed by atoms with Gasteiger partial charge in [-0.05, 0) is 61.7 Å². The molecule has 1 atom stereocenters. The minimum Gasteiger partial charge on any atom is -0.494 e. The Morgan fingerprint density at radius 1 is 0.886 bits per heavy atom. The SMILES string of the molecule is CCCCCCO[C@@H](C)C(=O)Oc1ccc(N2NC=C(c3ccc(OCCCCC)cc3)S2)cc1. The highest BCUT2D eigenvalue weighted by atomic mass is 32.2. The second-order valence-electron chi connectivity index (χ2n) is 8.59. The van der Waals surface area contributed by atoms with Crippen LogP contribution in [0, 0.1) is 0 Å². The van der Waals surface area contributed by atoms with Crippen LogP contribution in [0.2, 0.25) is 0 Å². The van der Waals surface area contributed by atoms with E-state index >= 15 is 0 Å². The van der Waals surface area contributed by atoms with Crippen LogP contribution < -0.4 is 19.3 Å². The van der Waals surface area contributed by atoms with E-state index in [0.29, 0.717) is 12.4 Å². The number of nitrogens with zero attached hydrogens (tertiary/aromatic N) is 1. The summed E-state index contributed by atoms with van der Waals surface area (Å²) in [5, 5.41) is 0. The number of carbonyl (C=O) groups is 1. The minimum absolute atomic E-state index is 0.372. The summed E-state index contributed by atoms with van der Waals surface area (Å²) < 4.78 is 18.9. The van der Waals surface area contributed by atoms with Crippen LogP contribution in [0.3, 0.4) is 0 Å². The number of ether oxygens (including phenoxy) is 3. The van der Waals surface area contributed by atoms with Gasteiger partial charge in [0.05, 0.1) is 17.2 Å². The Hall–Kier alpha value is -2.64. The third-order valence-electron chi connectivity index (χ3n) is 5.65. The van der Waals surface area contributed by atoms with Gasteiger partial charge in [0.15, 0.2) is 6.10 Å². The number of nitrogens with one attached hydrogen (secondary N) is 1. The first-order valence-electron chi connectivity index (χ1n) is 12.7. The highest BCUT2D eigenvalue weighted by Crippen LogP contribution is 2.37. The molecular weight excluding hydrogens is 460 g/mol. The molecule has 7 heteroatoms. The van der Waals surface area contributed by atoms with Crippen molar-refractivity contribution >= 4 is 28.5 Å². The molecule has 0 spiro atoms. The van der Waals surface area contributed by atoms with E-state index in [-0.39, 0.29) is 5.97 Å². The number of rotatable bonds is 15. The van der Waals surface area contributed by atoms with E-state index in [1.165, 1.54) is 25.7 Å². The number of carbonyl (C=O) groups excluding carboxylic acids is 1. The number of hydrogen-bond donors (Lipinski definition) is 1. The van der Waals surface area contributed by atoms with Gasteiger partial charge in [-0.3, -0.25) is 5.43 Å². The fraction of sp³-hybridized carbons (Fsp3) is 0.464. The molecule has 0 unspecified atom stereocenters. The molecule has 3 rings (SSSR count). The highest BCUT2D eigenvalue weighted by Gasteiger charge is 2.19. The zero-order valence-electron chi connectivity index (χ0n) is 21.1.